The van der Waals surface area contributed by atoms with Crippen molar-refractivity contribution in [1.82, 2.24) is 4.98 Å². The molecule has 1 unspecified atom stereocenters. The molecule has 4 aromatic rings. The third kappa shape index (κ3) is 5.15. The largest absolute Gasteiger partial charge is 0.503 e. The predicted molar refractivity (Wildman–Crippen MR) is 155 cm³/mol. The van der Waals surface area contributed by atoms with Gasteiger partial charge in [0, 0.05) is 0 Å². The number of aliphatic hydroxyl groups is 1. The first-order valence-electron chi connectivity index (χ1n) is 12.8. The van der Waals surface area contributed by atoms with Crippen LogP contribution in [0, 0.1) is 0 Å². The molecule has 0 fully saturated rings. The fourth-order valence-electron chi connectivity index (χ4n) is 4.58. The van der Waals surface area contributed by atoms with Crippen molar-refractivity contribution in [2.24, 2.45) is 0 Å². The lowest BCUT2D eigenvalue weighted by atomic mass is 9.95. The van der Waals surface area contributed by atoms with Crippen molar-refractivity contribution in [3.63, 3.8) is 0 Å². The molecule has 5 rings (SSSR count). The molecule has 40 heavy (non-hydrogen) atoms. The van der Waals surface area contributed by atoms with E-state index in [0.717, 1.165) is 10.3 Å². The SMILES string of the molecule is CCOc1ccc2nc(N3C(=O)C(O)=C(C(=O)/C=C/c4ccccc4)C3c3ccc(OCC)c(OC)c3)sc2c1. The first-order valence-corrected chi connectivity index (χ1v) is 13.6. The molecule has 1 aliphatic heterocycles. The Labute approximate surface area is 235 Å². The number of aromatic nitrogens is 1. The lowest BCUT2D eigenvalue weighted by Gasteiger charge is -2.25. The molecule has 1 aliphatic rings. The Morgan fingerprint density at radius 1 is 1.02 bits per heavy atom. The smallest absolute Gasteiger partial charge is 0.296 e. The van der Waals surface area contributed by atoms with Crippen LogP contribution >= 0.6 is 11.3 Å². The molecule has 0 spiro atoms. The van der Waals surface area contributed by atoms with Crippen LogP contribution in [0.2, 0.25) is 0 Å². The Hall–Kier alpha value is -4.63. The van der Waals surface area contributed by atoms with Crippen LogP contribution in [0.4, 0.5) is 5.13 Å². The maximum atomic E-state index is 13.6. The van der Waals surface area contributed by atoms with Gasteiger partial charge in [0.25, 0.3) is 5.91 Å². The average molecular weight is 557 g/mol. The highest BCUT2D eigenvalue weighted by Gasteiger charge is 2.45. The lowest BCUT2D eigenvalue weighted by Crippen LogP contribution is -2.30. The van der Waals surface area contributed by atoms with E-state index in [9.17, 15) is 14.7 Å². The summed E-state index contributed by atoms with van der Waals surface area (Å²) in [7, 11) is 1.52. The summed E-state index contributed by atoms with van der Waals surface area (Å²) in [6.45, 7) is 4.72. The summed E-state index contributed by atoms with van der Waals surface area (Å²) in [6.07, 6.45) is 3.02. The normalized spacial score (nSPS) is 15.3. The van der Waals surface area contributed by atoms with Crippen molar-refractivity contribution in [2.45, 2.75) is 19.9 Å². The summed E-state index contributed by atoms with van der Waals surface area (Å²) in [5, 5.41) is 11.4. The number of hydrogen-bond donors (Lipinski definition) is 1. The quantitative estimate of drug-likeness (QED) is 0.229. The number of carbonyl (C=O) groups excluding carboxylic acids is 2. The number of thiazole rings is 1. The molecule has 1 atom stereocenters. The van der Waals surface area contributed by atoms with Crippen LogP contribution in [0.3, 0.4) is 0 Å². The molecule has 3 aromatic carbocycles. The molecule has 0 aliphatic carbocycles. The summed E-state index contributed by atoms with van der Waals surface area (Å²) >= 11 is 1.27. The number of anilines is 1. The number of benzene rings is 3. The molecule has 8 nitrogen and oxygen atoms in total. The van der Waals surface area contributed by atoms with E-state index in [1.165, 1.54) is 29.4 Å². The van der Waals surface area contributed by atoms with Gasteiger partial charge in [-0.1, -0.05) is 53.8 Å². The van der Waals surface area contributed by atoms with Gasteiger partial charge in [-0.25, -0.2) is 4.98 Å². The van der Waals surface area contributed by atoms with E-state index in [4.69, 9.17) is 14.2 Å². The Bertz CT molecular complexity index is 1630. The number of aliphatic hydroxyl groups excluding tert-OH is 1. The van der Waals surface area contributed by atoms with Crippen LogP contribution < -0.4 is 19.1 Å². The minimum atomic E-state index is -0.947. The van der Waals surface area contributed by atoms with Crippen molar-refractivity contribution < 1.29 is 28.9 Å². The minimum absolute atomic E-state index is 0.0438. The van der Waals surface area contributed by atoms with Gasteiger partial charge in [0.15, 0.2) is 28.2 Å². The van der Waals surface area contributed by atoms with E-state index in [1.54, 1.807) is 24.3 Å². The molecular formula is C31H28N2O6S. The molecule has 1 N–H and O–H groups in total. The van der Waals surface area contributed by atoms with Gasteiger partial charge in [-0.3, -0.25) is 14.5 Å². The second-order valence-electron chi connectivity index (χ2n) is 8.85. The van der Waals surface area contributed by atoms with Gasteiger partial charge in [0.05, 0.1) is 42.2 Å². The van der Waals surface area contributed by atoms with Gasteiger partial charge in [-0.2, -0.15) is 0 Å². The standard InChI is InChI=1S/C31H28N2O6S/c1-4-38-21-13-14-22-26(18-21)40-31(32-22)33-28(20-12-16-24(39-5-2)25(17-20)37-3)27(29(35)30(33)36)23(34)15-11-19-9-7-6-8-10-19/h6-18,28,35H,4-5H2,1-3H3/b15-11+. The van der Waals surface area contributed by atoms with Crippen molar-refractivity contribution in [1.29, 1.82) is 0 Å². The molecule has 0 saturated heterocycles. The number of ether oxygens (including phenoxy) is 3. The fraction of sp³-hybridized carbons (Fsp3) is 0.194. The van der Waals surface area contributed by atoms with Crippen molar-refractivity contribution in [3.05, 3.63) is 95.3 Å². The Kier molecular flexibility index (Phi) is 7.84. The molecule has 204 valence electrons. The van der Waals surface area contributed by atoms with Crippen LogP contribution in [0.25, 0.3) is 16.3 Å². The predicted octanol–water partition coefficient (Wildman–Crippen LogP) is 6.28. The van der Waals surface area contributed by atoms with Crippen LogP contribution in [-0.4, -0.2) is 42.1 Å². The molecule has 0 bridgehead atoms. The van der Waals surface area contributed by atoms with E-state index < -0.39 is 23.5 Å². The summed E-state index contributed by atoms with van der Waals surface area (Å²) < 4.78 is 17.6. The Balaban J connectivity index is 1.62. The summed E-state index contributed by atoms with van der Waals surface area (Å²) in [6, 6.07) is 19.1. The van der Waals surface area contributed by atoms with Crippen LogP contribution in [0.1, 0.15) is 31.0 Å². The van der Waals surface area contributed by atoms with Gasteiger partial charge < -0.3 is 19.3 Å². The third-order valence-electron chi connectivity index (χ3n) is 6.37. The number of hydrogen-bond acceptors (Lipinski definition) is 8. The van der Waals surface area contributed by atoms with Crippen LogP contribution in [0.5, 0.6) is 17.2 Å². The van der Waals surface area contributed by atoms with E-state index >= 15 is 0 Å². The monoisotopic (exact) mass is 556 g/mol. The highest BCUT2D eigenvalue weighted by atomic mass is 32.1. The van der Waals surface area contributed by atoms with E-state index in [0.29, 0.717) is 46.7 Å². The zero-order valence-electron chi connectivity index (χ0n) is 22.3. The molecule has 1 aromatic heterocycles. The molecule has 1 amide bonds. The zero-order chi connectivity index (χ0) is 28.2. The van der Waals surface area contributed by atoms with Crippen LogP contribution in [-0.2, 0) is 9.59 Å². The number of ketones is 1. The lowest BCUT2D eigenvalue weighted by molar-refractivity contribution is -0.117. The Morgan fingerprint density at radius 3 is 2.52 bits per heavy atom. The summed E-state index contributed by atoms with van der Waals surface area (Å²) in [5.41, 5.74) is 2.00. The second-order valence-corrected chi connectivity index (χ2v) is 9.86. The second kappa shape index (κ2) is 11.6. The van der Waals surface area contributed by atoms with Gasteiger partial charge in [-0.15, -0.1) is 0 Å². The number of nitrogens with zero attached hydrogens (tertiary/aromatic N) is 2. The Morgan fingerprint density at radius 2 is 1.80 bits per heavy atom. The number of amides is 1. The topological polar surface area (TPSA) is 98.2 Å². The highest BCUT2D eigenvalue weighted by Crippen LogP contribution is 2.45. The maximum Gasteiger partial charge on any atom is 0.296 e. The minimum Gasteiger partial charge on any atom is -0.503 e. The fourth-order valence-corrected chi connectivity index (χ4v) is 5.60. The van der Waals surface area contributed by atoms with Crippen LogP contribution in [0.15, 0.2) is 84.1 Å². The molecule has 2 heterocycles. The number of rotatable bonds is 10. The summed E-state index contributed by atoms with van der Waals surface area (Å²) in [4.78, 5) is 33.2. The first-order chi connectivity index (χ1) is 19.4. The zero-order valence-corrected chi connectivity index (χ0v) is 23.1. The number of methoxy groups -OCH3 is 1. The molecular weight excluding hydrogens is 528 g/mol. The van der Waals surface area contributed by atoms with Gasteiger partial charge in [0.2, 0.25) is 0 Å². The van der Waals surface area contributed by atoms with E-state index in [-0.39, 0.29) is 5.57 Å². The van der Waals surface area contributed by atoms with Crippen molar-refractivity contribution in [3.8, 4) is 17.2 Å². The van der Waals surface area contributed by atoms with Crippen molar-refractivity contribution >= 4 is 44.5 Å². The van der Waals surface area contributed by atoms with E-state index in [1.807, 2.05) is 62.4 Å². The van der Waals surface area contributed by atoms with Gasteiger partial charge >= 0.3 is 0 Å². The van der Waals surface area contributed by atoms with Gasteiger partial charge in [-0.05, 0) is 61.4 Å². The number of allylic oxidation sites excluding steroid dienone is 1. The average Bonchev–Trinajstić information content (AvgIpc) is 3.50. The molecule has 0 saturated carbocycles. The maximum absolute atomic E-state index is 13.6. The van der Waals surface area contributed by atoms with Gasteiger partial charge in [0.1, 0.15) is 5.75 Å². The first kappa shape index (κ1) is 27.0. The molecule has 9 heteroatoms. The highest BCUT2D eigenvalue weighted by molar-refractivity contribution is 7.22. The number of carbonyl (C=O) groups is 2. The van der Waals surface area contributed by atoms with Crippen molar-refractivity contribution in [2.75, 3.05) is 25.2 Å². The molecule has 0 radical (unpaired) electrons. The third-order valence-corrected chi connectivity index (χ3v) is 7.39. The van der Waals surface area contributed by atoms with E-state index in [2.05, 4.69) is 4.98 Å². The summed E-state index contributed by atoms with van der Waals surface area (Å²) in [5.74, 6) is -0.162. The number of fused-ring (bicyclic) bond motifs is 1.